The Bertz CT molecular complexity index is 1000. The fourth-order valence-corrected chi connectivity index (χ4v) is 3.90. The summed E-state index contributed by atoms with van der Waals surface area (Å²) in [5.74, 6) is -4.64. The Morgan fingerprint density at radius 3 is 1.76 bits per heavy atom. The molecule has 0 aliphatic carbocycles. The maximum absolute atomic E-state index is 13.2. The number of carbonyl (C=O) groups excluding carboxylic acids is 6. The van der Waals surface area contributed by atoms with Crippen molar-refractivity contribution in [2.24, 2.45) is 0 Å². The average Bonchev–Trinajstić information content (AvgIpc) is 2.98. The van der Waals surface area contributed by atoms with Gasteiger partial charge in [0, 0.05) is 27.7 Å². The van der Waals surface area contributed by atoms with Gasteiger partial charge in [0.25, 0.3) is 11.8 Å². The summed E-state index contributed by atoms with van der Waals surface area (Å²) in [5, 5.41) is 0. The van der Waals surface area contributed by atoms with Crippen LogP contribution >= 0.6 is 0 Å². The summed E-state index contributed by atoms with van der Waals surface area (Å²) in [6.07, 6.45) is -5.81. The van der Waals surface area contributed by atoms with Crippen LogP contribution < -0.4 is 0 Å². The van der Waals surface area contributed by atoms with E-state index in [2.05, 4.69) is 0 Å². The fraction of sp³-hybridized carbons (Fsp3) is 0.455. The van der Waals surface area contributed by atoms with E-state index in [1.54, 1.807) is 12.1 Å². The van der Waals surface area contributed by atoms with Crippen molar-refractivity contribution in [1.82, 2.24) is 4.90 Å². The van der Waals surface area contributed by atoms with Crippen molar-refractivity contribution in [1.29, 1.82) is 0 Å². The molecule has 2 amide bonds. The molecule has 5 atom stereocenters. The molecule has 182 valence electrons. The lowest BCUT2D eigenvalue weighted by Gasteiger charge is -2.46. The van der Waals surface area contributed by atoms with Crippen molar-refractivity contribution in [2.75, 3.05) is 6.61 Å². The maximum Gasteiger partial charge on any atom is 0.305 e. The molecule has 34 heavy (non-hydrogen) atoms. The summed E-state index contributed by atoms with van der Waals surface area (Å²) in [7, 11) is 0. The largest absolute Gasteiger partial charge is 0.463 e. The topological polar surface area (TPSA) is 152 Å². The van der Waals surface area contributed by atoms with E-state index in [-0.39, 0.29) is 11.1 Å². The quantitative estimate of drug-likeness (QED) is 0.317. The molecule has 0 radical (unpaired) electrons. The zero-order valence-electron chi connectivity index (χ0n) is 18.8. The highest BCUT2D eigenvalue weighted by Crippen LogP contribution is 2.35. The van der Waals surface area contributed by atoms with E-state index < -0.39 is 72.9 Å². The lowest BCUT2D eigenvalue weighted by Crippen LogP contribution is -2.67. The number of hydrogen-bond donors (Lipinski definition) is 0. The van der Waals surface area contributed by atoms with E-state index in [9.17, 15) is 28.8 Å². The molecule has 0 spiro atoms. The van der Waals surface area contributed by atoms with Crippen molar-refractivity contribution >= 4 is 35.7 Å². The molecule has 1 saturated heterocycles. The zero-order valence-corrected chi connectivity index (χ0v) is 18.8. The second-order valence-corrected chi connectivity index (χ2v) is 7.62. The molecule has 0 saturated carbocycles. The molecular formula is C22H23NO11. The number of carbonyl (C=O) groups is 6. The summed E-state index contributed by atoms with van der Waals surface area (Å²) in [4.78, 5) is 74.2. The number of benzene rings is 1. The van der Waals surface area contributed by atoms with Crippen molar-refractivity contribution in [3.05, 3.63) is 35.4 Å². The number of esters is 4. The first-order chi connectivity index (χ1) is 16.0. The first-order valence-corrected chi connectivity index (χ1v) is 10.3. The van der Waals surface area contributed by atoms with Crippen molar-refractivity contribution in [2.45, 2.75) is 58.3 Å². The van der Waals surface area contributed by atoms with Gasteiger partial charge in [0.15, 0.2) is 12.2 Å². The number of nitrogens with zero attached hydrogens (tertiary/aromatic N) is 1. The minimum absolute atomic E-state index is 0.0849. The fourth-order valence-electron chi connectivity index (χ4n) is 3.90. The Labute approximate surface area is 194 Å². The third-order valence-electron chi connectivity index (χ3n) is 5.08. The molecule has 1 aromatic carbocycles. The number of amides is 2. The molecule has 2 heterocycles. The Morgan fingerprint density at radius 2 is 1.29 bits per heavy atom. The van der Waals surface area contributed by atoms with Crippen LogP contribution in [0, 0.1) is 0 Å². The average molecular weight is 477 g/mol. The lowest BCUT2D eigenvalue weighted by molar-refractivity contribution is -0.278. The summed E-state index contributed by atoms with van der Waals surface area (Å²) < 4.78 is 26.7. The molecule has 1 aromatic rings. The molecule has 2 aliphatic rings. The first-order valence-electron chi connectivity index (χ1n) is 10.3. The standard InChI is InChI=1S/C22H23NO11/c1-10(24)30-9-16-18(31-11(2)25)19(32-12(3)26)17(22(34-16)33-13(4)27)23-20(28)14-7-5-6-8-15(14)21(23)29/h5-8,16-19,22H,9H2,1-4H3/t16?,17?,18-,19-,22-/m1/s1. The number of imide groups is 1. The van der Waals surface area contributed by atoms with E-state index in [1.165, 1.54) is 12.1 Å². The summed E-state index contributed by atoms with van der Waals surface area (Å²) in [6.45, 7) is 3.91. The number of ether oxygens (including phenoxy) is 5. The van der Waals surface area contributed by atoms with Gasteiger partial charge in [-0.1, -0.05) is 12.1 Å². The third-order valence-corrected chi connectivity index (χ3v) is 5.08. The van der Waals surface area contributed by atoms with Gasteiger partial charge in [-0.2, -0.15) is 0 Å². The third kappa shape index (κ3) is 5.06. The highest BCUT2D eigenvalue weighted by molar-refractivity contribution is 6.21. The van der Waals surface area contributed by atoms with Gasteiger partial charge in [0.05, 0.1) is 11.1 Å². The van der Waals surface area contributed by atoms with Crippen LogP contribution in [0.3, 0.4) is 0 Å². The van der Waals surface area contributed by atoms with E-state index in [0.29, 0.717) is 0 Å². The molecule has 1 fully saturated rings. The molecule has 2 aliphatic heterocycles. The van der Waals surface area contributed by atoms with Gasteiger partial charge in [-0.15, -0.1) is 0 Å². The highest BCUT2D eigenvalue weighted by Gasteiger charge is 2.58. The van der Waals surface area contributed by atoms with Crippen molar-refractivity contribution in [3.8, 4) is 0 Å². The van der Waals surface area contributed by atoms with Gasteiger partial charge >= 0.3 is 23.9 Å². The van der Waals surface area contributed by atoms with Gasteiger partial charge in [-0.05, 0) is 12.1 Å². The van der Waals surface area contributed by atoms with E-state index in [4.69, 9.17) is 23.7 Å². The molecule has 0 N–H and O–H groups in total. The minimum Gasteiger partial charge on any atom is -0.463 e. The van der Waals surface area contributed by atoms with Gasteiger partial charge in [0.2, 0.25) is 6.29 Å². The molecule has 12 heteroatoms. The molecule has 0 bridgehead atoms. The van der Waals surface area contributed by atoms with E-state index >= 15 is 0 Å². The highest BCUT2D eigenvalue weighted by atomic mass is 16.7. The SMILES string of the molecule is CC(=O)OCC1O[C@@H](OC(C)=O)C(N2C(=O)c3ccccc3C2=O)[C@@H](OC(C)=O)[C@@H]1OC(C)=O. The molecule has 12 nitrogen and oxygen atoms in total. The van der Waals surface area contributed by atoms with Gasteiger partial charge in [0.1, 0.15) is 18.8 Å². The second-order valence-electron chi connectivity index (χ2n) is 7.62. The predicted molar refractivity (Wildman–Crippen MR) is 109 cm³/mol. The Balaban J connectivity index is 2.11. The summed E-state index contributed by atoms with van der Waals surface area (Å²) in [6, 6.07) is 4.49. The molecule has 2 unspecified atom stereocenters. The van der Waals surface area contributed by atoms with Gasteiger partial charge < -0.3 is 23.7 Å². The van der Waals surface area contributed by atoms with Crippen molar-refractivity contribution in [3.63, 3.8) is 0 Å². The van der Waals surface area contributed by atoms with Crippen LogP contribution in [0.5, 0.6) is 0 Å². The van der Waals surface area contributed by atoms with Crippen LogP contribution in [0.4, 0.5) is 0 Å². The minimum atomic E-state index is -1.63. The molecular weight excluding hydrogens is 454 g/mol. The van der Waals surface area contributed by atoms with E-state index in [1.807, 2.05) is 0 Å². The van der Waals surface area contributed by atoms with Crippen LogP contribution in [-0.4, -0.2) is 77.8 Å². The predicted octanol–water partition coefficient (Wildman–Crippen LogP) is 0.366. The number of rotatable bonds is 6. The zero-order chi connectivity index (χ0) is 25.2. The van der Waals surface area contributed by atoms with Crippen LogP contribution in [0.1, 0.15) is 48.4 Å². The Kier molecular flexibility index (Phi) is 7.30. The van der Waals surface area contributed by atoms with Crippen LogP contribution in [0.2, 0.25) is 0 Å². The molecule has 3 rings (SSSR count). The van der Waals surface area contributed by atoms with Crippen molar-refractivity contribution < 1.29 is 52.5 Å². The smallest absolute Gasteiger partial charge is 0.305 e. The monoisotopic (exact) mass is 477 g/mol. The van der Waals surface area contributed by atoms with Crippen LogP contribution in [-0.2, 0) is 42.9 Å². The van der Waals surface area contributed by atoms with E-state index in [0.717, 1.165) is 32.6 Å². The van der Waals surface area contributed by atoms with Gasteiger partial charge in [-0.3, -0.25) is 33.7 Å². The lowest BCUT2D eigenvalue weighted by atomic mass is 9.94. The first kappa shape index (κ1) is 24.8. The Morgan fingerprint density at radius 1 is 0.794 bits per heavy atom. The van der Waals surface area contributed by atoms with Crippen LogP contribution in [0.25, 0.3) is 0 Å². The second kappa shape index (κ2) is 10.00. The maximum atomic E-state index is 13.2. The molecule has 0 aromatic heterocycles. The normalized spacial score (nSPS) is 25.9. The van der Waals surface area contributed by atoms with Gasteiger partial charge in [-0.25, -0.2) is 0 Å². The number of fused-ring (bicyclic) bond motifs is 1. The Hall–Kier alpha value is -3.80. The summed E-state index contributed by atoms with van der Waals surface area (Å²) >= 11 is 0. The van der Waals surface area contributed by atoms with Crippen LogP contribution in [0.15, 0.2) is 24.3 Å². The number of hydrogen-bond acceptors (Lipinski definition) is 11. The summed E-state index contributed by atoms with van der Waals surface area (Å²) in [5.41, 5.74) is 0.170.